The molecule has 0 unspecified atom stereocenters. The number of hydrogen-bond acceptors (Lipinski definition) is 4. The summed E-state index contributed by atoms with van der Waals surface area (Å²) in [7, 11) is 0. The van der Waals surface area contributed by atoms with Gasteiger partial charge in [-0.15, -0.1) is 0 Å². The summed E-state index contributed by atoms with van der Waals surface area (Å²) >= 11 is 0. The Kier molecular flexibility index (Phi) is 5.53. The molecule has 0 aliphatic carbocycles. The fourth-order valence-corrected chi connectivity index (χ4v) is 6.48. The lowest BCUT2D eigenvalue weighted by molar-refractivity contribution is 0.994. The molecule has 6 heteroatoms. The van der Waals surface area contributed by atoms with Crippen molar-refractivity contribution in [1.82, 2.24) is 24.1 Å². The van der Waals surface area contributed by atoms with Crippen molar-refractivity contribution < 1.29 is 0 Å². The molecule has 0 atom stereocenters. The van der Waals surface area contributed by atoms with Gasteiger partial charge in [-0.25, -0.2) is 4.98 Å². The quantitative estimate of drug-likeness (QED) is 0.215. The summed E-state index contributed by atoms with van der Waals surface area (Å²) in [4.78, 5) is 19.9. The SMILES string of the molecule is C1=CC(c2cc(-c3ccccn3)cc(-n3c4cccnc4c4cc5c(nc43)c3ccccc3n5-c3ccccc3)c2)=NCC1. The van der Waals surface area contributed by atoms with Crippen molar-refractivity contribution in [2.75, 3.05) is 6.54 Å². The zero-order chi connectivity index (χ0) is 29.0. The molecule has 1 aliphatic rings. The van der Waals surface area contributed by atoms with Crippen molar-refractivity contribution in [3.05, 3.63) is 139 Å². The van der Waals surface area contributed by atoms with Gasteiger partial charge in [0.2, 0.25) is 0 Å². The van der Waals surface area contributed by atoms with Crippen LogP contribution in [-0.2, 0) is 0 Å². The maximum absolute atomic E-state index is 5.45. The summed E-state index contributed by atoms with van der Waals surface area (Å²) in [5, 5.41) is 2.12. The van der Waals surface area contributed by atoms with Gasteiger partial charge in [0.15, 0.2) is 0 Å². The van der Waals surface area contributed by atoms with Gasteiger partial charge in [0.1, 0.15) is 5.65 Å². The van der Waals surface area contributed by atoms with Crippen LogP contribution >= 0.6 is 0 Å². The number of benzene rings is 3. The third-order valence-corrected chi connectivity index (χ3v) is 8.42. The average Bonchev–Trinajstić information content (AvgIpc) is 3.60. The van der Waals surface area contributed by atoms with Crippen LogP contribution < -0.4 is 0 Å². The Morgan fingerprint density at radius 3 is 2.25 bits per heavy atom. The van der Waals surface area contributed by atoms with Crippen molar-refractivity contribution in [3.8, 4) is 22.6 Å². The first-order chi connectivity index (χ1) is 21.8. The zero-order valence-electron chi connectivity index (χ0n) is 23.8. The molecule has 44 heavy (non-hydrogen) atoms. The third kappa shape index (κ3) is 3.81. The summed E-state index contributed by atoms with van der Waals surface area (Å²) in [5.41, 5.74) is 12.0. The molecule has 3 aromatic carbocycles. The number of rotatable bonds is 4. The van der Waals surface area contributed by atoms with Crippen LogP contribution in [0.5, 0.6) is 0 Å². The van der Waals surface area contributed by atoms with Crippen LogP contribution in [0.2, 0.25) is 0 Å². The van der Waals surface area contributed by atoms with E-state index in [9.17, 15) is 0 Å². The van der Waals surface area contributed by atoms with E-state index >= 15 is 0 Å². The van der Waals surface area contributed by atoms with Gasteiger partial charge in [0.25, 0.3) is 0 Å². The predicted octanol–water partition coefficient (Wildman–Crippen LogP) is 8.48. The lowest BCUT2D eigenvalue weighted by Gasteiger charge is -2.14. The highest BCUT2D eigenvalue weighted by Gasteiger charge is 2.21. The molecule has 0 fully saturated rings. The summed E-state index contributed by atoms with van der Waals surface area (Å²) in [5.74, 6) is 0. The maximum Gasteiger partial charge on any atom is 0.148 e. The van der Waals surface area contributed by atoms with Crippen LogP contribution in [0.25, 0.3) is 66.6 Å². The van der Waals surface area contributed by atoms with Gasteiger partial charge in [0.05, 0.1) is 39.0 Å². The van der Waals surface area contributed by atoms with Gasteiger partial charge in [-0.05, 0) is 79.2 Å². The number of aliphatic imine (C=N–C) groups is 1. The Morgan fingerprint density at radius 2 is 1.39 bits per heavy atom. The van der Waals surface area contributed by atoms with E-state index < -0.39 is 0 Å². The number of nitrogens with zero attached hydrogens (tertiary/aromatic N) is 6. The maximum atomic E-state index is 5.45. The Morgan fingerprint density at radius 1 is 0.568 bits per heavy atom. The first-order valence-corrected chi connectivity index (χ1v) is 14.9. The van der Waals surface area contributed by atoms with Crippen molar-refractivity contribution >= 4 is 49.7 Å². The fourth-order valence-electron chi connectivity index (χ4n) is 6.48. The molecule has 0 amide bonds. The van der Waals surface area contributed by atoms with Crippen molar-refractivity contribution in [3.63, 3.8) is 0 Å². The second-order valence-corrected chi connectivity index (χ2v) is 11.1. The second kappa shape index (κ2) is 9.85. The molecule has 8 aromatic rings. The van der Waals surface area contributed by atoms with E-state index in [1.165, 1.54) is 0 Å². The van der Waals surface area contributed by atoms with E-state index in [4.69, 9.17) is 19.9 Å². The largest absolute Gasteiger partial charge is 0.308 e. The van der Waals surface area contributed by atoms with Crippen molar-refractivity contribution in [1.29, 1.82) is 0 Å². The molecule has 5 aromatic heterocycles. The molecular weight excluding hydrogens is 540 g/mol. The summed E-state index contributed by atoms with van der Waals surface area (Å²) < 4.78 is 4.55. The minimum absolute atomic E-state index is 0.791. The average molecular weight is 567 g/mol. The number of fused-ring (bicyclic) bond motifs is 6. The van der Waals surface area contributed by atoms with E-state index in [-0.39, 0.29) is 0 Å². The van der Waals surface area contributed by atoms with Gasteiger partial charge >= 0.3 is 0 Å². The number of dihydropyridines is 1. The van der Waals surface area contributed by atoms with Crippen LogP contribution in [0, 0.1) is 0 Å². The molecule has 6 heterocycles. The van der Waals surface area contributed by atoms with Crippen LogP contribution in [0.15, 0.2) is 139 Å². The Balaban J connectivity index is 1.39. The Hall–Kier alpha value is -5.88. The smallest absolute Gasteiger partial charge is 0.148 e. The van der Waals surface area contributed by atoms with Crippen LogP contribution in [0.1, 0.15) is 12.0 Å². The molecule has 0 saturated heterocycles. The van der Waals surface area contributed by atoms with Crippen LogP contribution in [0.4, 0.5) is 0 Å². The molecular formula is C38H26N6. The van der Waals surface area contributed by atoms with Crippen molar-refractivity contribution in [2.45, 2.75) is 6.42 Å². The lowest BCUT2D eigenvalue weighted by atomic mass is 10.0. The number of pyridine rings is 3. The second-order valence-electron chi connectivity index (χ2n) is 11.1. The first-order valence-electron chi connectivity index (χ1n) is 14.9. The summed E-state index contributed by atoms with van der Waals surface area (Å²) in [6, 6.07) is 38.0. The zero-order valence-corrected chi connectivity index (χ0v) is 23.8. The number of hydrogen-bond donors (Lipinski definition) is 0. The highest BCUT2D eigenvalue weighted by Crippen LogP contribution is 2.37. The highest BCUT2D eigenvalue weighted by atomic mass is 15.1. The fraction of sp³-hybridized carbons (Fsp3) is 0.0526. The Bertz CT molecular complexity index is 2430. The molecule has 9 rings (SSSR count). The van der Waals surface area contributed by atoms with E-state index in [1.54, 1.807) is 0 Å². The van der Waals surface area contributed by atoms with Crippen LogP contribution in [-0.4, -0.2) is 36.3 Å². The molecule has 0 radical (unpaired) electrons. The normalized spacial score (nSPS) is 13.3. The third-order valence-electron chi connectivity index (χ3n) is 8.42. The van der Waals surface area contributed by atoms with E-state index in [0.717, 1.165) is 90.9 Å². The van der Waals surface area contributed by atoms with Gasteiger partial charge in [-0.1, -0.05) is 48.5 Å². The Labute approximate surface area is 253 Å². The highest BCUT2D eigenvalue weighted by molar-refractivity contribution is 6.15. The topological polar surface area (TPSA) is 60.9 Å². The van der Waals surface area contributed by atoms with E-state index in [2.05, 4.69) is 106 Å². The lowest BCUT2D eigenvalue weighted by Crippen LogP contribution is -2.05. The molecule has 0 spiro atoms. The monoisotopic (exact) mass is 566 g/mol. The van der Waals surface area contributed by atoms with Crippen LogP contribution in [0.3, 0.4) is 0 Å². The number of para-hydroxylation sites is 2. The predicted molar refractivity (Wildman–Crippen MR) is 179 cm³/mol. The number of aromatic nitrogens is 5. The number of allylic oxidation sites excluding steroid dienone is 1. The van der Waals surface area contributed by atoms with Gasteiger partial charge in [-0.2, -0.15) is 0 Å². The van der Waals surface area contributed by atoms with Crippen molar-refractivity contribution in [2.24, 2.45) is 4.99 Å². The standard InChI is InChI=1S/C38H26N6/c1-2-11-27(12-3-1)43-33-16-5-4-13-29(33)37-35(43)24-30-36-34(17-10-20-41-36)44(38(30)42-37)28-22-25(31-14-6-8-18-39-31)21-26(23-28)32-15-7-9-19-40-32/h1-8,10-18,20-24H,9,19H2. The molecule has 1 aliphatic heterocycles. The molecule has 208 valence electrons. The molecule has 0 N–H and O–H groups in total. The van der Waals surface area contributed by atoms with E-state index in [1.807, 2.05) is 36.7 Å². The first kappa shape index (κ1) is 24.7. The van der Waals surface area contributed by atoms with Gasteiger partial charge in [-0.3, -0.25) is 19.5 Å². The molecule has 6 nitrogen and oxygen atoms in total. The summed E-state index contributed by atoms with van der Waals surface area (Å²) in [6.07, 6.45) is 8.98. The van der Waals surface area contributed by atoms with Gasteiger partial charge < -0.3 is 4.57 Å². The van der Waals surface area contributed by atoms with E-state index in [0.29, 0.717) is 0 Å². The minimum atomic E-state index is 0.791. The molecule has 0 bridgehead atoms. The summed E-state index contributed by atoms with van der Waals surface area (Å²) in [6.45, 7) is 0.791. The minimum Gasteiger partial charge on any atom is -0.308 e. The van der Waals surface area contributed by atoms with Gasteiger partial charge in [0, 0.05) is 52.2 Å². The molecule has 0 saturated carbocycles.